The van der Waals surface area contributed by atoms with Crippen molar-refractivity contribution < 1.29 is 13.2 Å². The van der Waals surface area contributed by atoms with Crippen LogP contribution in [0, 0.1) is 0 Å². The molecule has 2 aromatic heterocycles. The Kier molecular flexibility index (Phi) is 4.89. The van der Waals surface area contributed by atoms with Gasteiger partial charge in [-0.15, -0.1) is 0 Å². The summed E-state index contributed by atoms with van der Waals surface area (Å²) in [7, 11) is -0.636. The number of rotatable bonds is 3. The number of aryl methyl sites for hydroxylation is 1. The third kappa shape index (κ3) is 3.34. The van der Waals surface area contributed by atoms with E-state index in [1.165, 1.54) is 14.2 Å². The van der Waals surface area contributed by atoms with E-state index in [9.17, 15) is 8.42 Å². The largest absolute Gasteiger partial charge is 0.480 e. The first-order chi connectivity index (χ1) is 15.7. The standard InChI is InChI=1S/C22H25N7O3S/c1-22-15-11-14(26-16-9-10-24-20-19(16)25-12-18(27-20)32-3)8-7-13(15)5-4-6-17(22)33(30,31)29(2)21(23)28-22/h7-12,17H,4-6H2,1-3H3,(H2,23,28)(H,24,26,27)/t17?,22-/m1/s1. The van der Waals surface area contributed by atoms with Crippen molar-refractivity contribution >= 4 is 38.5 Å². The Labute approximate surface area is 192 Å². The molecule has 11 heteroatoms. The maximum Gasteiger partial charge on any atom is 0.242 e. The number of sulfonamides is 1. The number of anilines is 2. The number of hydrogen-bond donors (Lipinski definition) is 2. The molecule has 0 saturated carbocycles. The van der Waals surface area contributed by atoms with Crippen LogP contribution in [0.1, 0.15) is 30.9 Å². The molecule has 1 aromatic carbocycles. The van der Waals surface area contributed by atoms with E-state index >= 15 is 0 Å². The highest BCUT2D eigenvalue weighted by atomic mass is 32.2. The molecular weight excluding hydrogens is 442 g/mol. The van der Waals surface area contributed by atoms with Crippen LogP contribution in [0.3, 0.4) is 0 Å². The van der Waals surface area contributed by atoms with Gasteiger partial charge in [-0.3, -0.25) is 0 Å². The number of aromatic nitrogens is 3. The van der Waals surface area contributed by atoms with Gasteiger partial charge in [-0.05, 0) is 55.5 Å². The highest BCUT2D eigenvalue weighted by molar-refractivity contribution is 7.90. The van der Waals surface area contributed by atoms with Crippen LogP contribution in [0.25, 0.3) is 11.2 Å². The van der Waals surface area contributed by atoms with E-state index < -0.39 is 20.8 Å². The lowest BCUT2D eigenvalue weighted by Gasteiger charge is -2.41. The Bertz CT molecular complexity index is 1390. The van der Waals surface area contributed by atoms with Crippen LogP contribution in [-0.2, 0) is 22.0 Å². The lowest BCUT2D eigenvalue weighted by molar-refractivity contribution is 0.397. The highest BCUT2D eigenvalue weighted by Gasteiger charge is 2.51. The molecule has 5 rings (SSSR count). The summed E-state index contributed by atoms with van der Waals surface area (Å²) in [4.78, 5) is 17.7. The van der Waals surface area contributed by atoms with Crippen molar-refractivity contribution in [1.82, 2.24) is 19.3 Å². The van der Waals surface area contributed by atoms with Gasteiger partial charge in [0.15, 0.2) is 5.65 Å². The third-order valence-electron chi connectivity index (χ3n) is 6.52. The summed E-state index contributed by atoms with van der Waals surface area (Å²) in [5.41, 5.74) is 9.57. The molecule has 0 radical (unpaired) electrons. The van der Waals surface area contributed by atoms with Crippen molar-refractivity contribution in [2.75, 3.05) is 19.5 Å². The zero-order valence-corrected chi connectivity index (χ0v) is 19.4. The number of ether oxygens (including phenoxy) is 1. The van der Waals surface area contributed by atoms with Crippen molar-refractivity contribution in [3.63, 3.8) is 0 Å². The number of nitrogens with zero attached hydrogens (tertiary/aromatic N) is 5. The molecule has 1 aliphatic heterocycles. The average Bonchev–Trinajstić information content (AvgIpc) is 2.94. The number of methoxy groups -OCH3 is 1. The van der Waals surface area contributed by atoms with Gasteiger partial charge in [-0.2, -0.15) is 4.98 Å². The third-order valence-corrected chi connectivity index (χ3v) is 8.88. The lowest BCUT2D eigenvalue weighted by Crippen LogP contribution is -2.56. The predicted octanol–water partition coefficient (Wildman–Crippen LogP) is 2.29. The van der Waals surface area contributed by atoms with Crippen LogP contribution in [0.2, 0.25) is 0 Å². The molecule has 10 nitrogen and oxygen atoms in total. The Morgan fingerprint density at radius 3 is 2.88 bits per heavy atom. The number of nitrogens with two attached hydrogens (primary N) is 1. The number of fused-ring (bicyclic) bond motifs is 4. The molecule has 33 heavy (non-hydrogen) atoms. The molecule has 0 bridgehead atoms. The van der Waals surface area contributed by atoms with E-state index in [1.54, 1.807) is 12.4 Å². The molecule has 172 valence electrons. The minimum atomic E-state index is -3.62. The van der Waals surface area contributed by atoms with Crippen LogP contribution in [0.5, 0.6) is 5.88 Å². The normalized spacial score (nSPS) is 23.8. The van der Waals surface area contributed by atoms with E-state index in [2.05, 4.69) is 20.3 Å². The molecule has 3 N–H and O–H groups in total. The Balaban J connectivity index is 1.60. The minimum Gasteiger partial charge on any atom is -0.480 e. The molecule has 2 aliphatic rings. The van der Waals surface area contributed by atoms with E-state index in [4.69, 9.17) is 15.5 Å². The van der Waals surface area contributed by atoms with Crippen molar-refractivity contribution in [3.05, 3.63) is 47.8 Å². The van der Waals surface area contributed by atoms with Crippen LogP contribution >= 0.6 is 0 Å². The number of nitrogens with one attached hydrogen (secondary N) is 1. The fourth-order valence-corrected chi connectivity index (χ4v) is 6.64. The highest BCUT2D eigenvalue weighted by Crippen LogP contribution is 2.45. The van der Waals surface area contributed by atoms with E-state index in [1.807, 2.05) is 31.2 Å². The van der Waals surface area contributed by atoms with Gasteiger partial charge in [0.25, 0.3) is 0 Å². The molecule has 0 amide bonds. The predicted molar refractivity (Wildman–Crippen MR) is 126 cm³/mol. The van der Waals surface area contributed by atoms with Gasteiger partial charge in [-0.1, -0.05) is 6.07 Å². The molecule has 1 unspecified atom stereocenters. The van der Waals surface area contributed by atoms with Crippen LogP contribution < -0.4 is 15.8 Å². The molecular formula is C22H25N7O3S. The topological polar surface area (TPSA) is 136 Å². The van der Waals surface area contributed by atoms with Gasteiger partial charge in [0.1, 0.15) is 16.3 Å². The van der Waals surface area contributed by atoms with Gasteiger partial charge >= 0.3 is 0 Å². The molecule has 3 heterocycles. The zero-order chi connectivity index (χ0) is 23.4. The second-order valence-corrected chi connectivity index (χ2v) is 10.6. The van der Waals surface area contributed by atoms with Gasteiger partial charge in [0, 0.05) is 18.9 Å². The molecule has 0 spiro atoms. The SMILES string of the molecule is COc1cnc2c(Nc3ccc4c(c3)[C@@]3(C)N=C(N)N(C)S(=O)(=O)C3CCC4)ccnc2n1. The number of guanidine groups is 1. The minimum absolute atomic E-state index is 0.00399. The number of aliphatic imine (C=N–C) groups is 1. The second-order valence-electron chi connectivity index (χ2n) is 8.45. The Morgan fingerprint density at radius 1 is 1.27 bits per heavy atom. The monoisotopic (exact) mass is 467 g/mol. The van der Waals surface area contributed by atoms with Crippen LogP contribution in [-0.4, -0.2) is 53.0 Å². The van der Waals surface area contributed by atoms with Gasteiger partial charge in [0.05, 0.1) is 19.0 Å². The summed E-state index contributed by atoms with van der Waals surface area (Å²) < 4.78 is 32.7. The second kappa shape index (κ2) is 7.55. The van der Waals surface area contributed by atoms with Gasteiger partial charge < -0.3 is 15.8 Å². The quantitative estimate of drug-likeness (QED) is 0.599. The summed E-state index contributed by atoms with van der Waals surface area (Å²) in [5, 5.41) is 2.70. The summed E-state index contributed by atoms with van der Waals surface area (Å²) in [6.07, 6.45) is 5.24. The van der Waals surface area contributed by atoms with E-state index in [0.29, 0.717) is 23.5 Å². The average molecular weight is 468 g/mol. The zero-order valence-electron chi connectivity index (χ0n) is 18.6. The summed E-state index contributed by atoms with van der Waals surface area (Å²) >= 11 is 0. The smallest absolute Gasteiger partial charge is 0.242 e. The number of pyridine rings is 1. The first-order valence-corrected chi connectivity index (χ1v) is 12.1. The summed E-state index contributed by atoms with van der Waals surface area (Å²) in [5.74, 6) is 0.388. The molecule has 1 aliphatic carbocycles. The fraction of sp³-hybridized carbons (Fsp3) is 0.364. The van der Waals surface area contributed by atoms with Crippen LogP contribution in [0.15, 0.2) is 41.7 Å². The number of hydrogen-bond acceptors (Lipinski definition) is 9. The van der Waals surface area contributed by atoms with Crippen molar-refractivity contribution in [3.8, 4) is 5.88 Å². The first-order valence-electron chi connectivity index (χ1n) is 10.6. The maximum absolute atomic E-state index is 13.2. The van der Waals surface area contributed by atoms with Crippen molar-refractivity contribution in [2.45, 2.75) is 37.0 Å². The van der Waals surface area contributed by atoms with Crippen LogP contribution in [0.4, 0.5) is 11.4 Å². The van der Waals surface area contributed by atoms with Crippen molar-refractivity contribution in [2.24, 2.45) is 10.7 Å². The molecule has 3 aromatic rings. The lowest BCUT2D eigenvalue weighted by atomic mass is 9.86. The maximum atomic E-state index is 13.2. The van der Waals surface area contributed by atoms with E-state index in [-0.39, 0.29) is 5.96 Å². The fourth-order valence-electron chi connectivity index (χ4n) is 4.74. The molecule has 0 saturated heterocycles. The van der Waals surface area contributed by atoms with Gasteiger partial charge in [-0.25, -0.2) is 27.7 Å². The molecule has 0 fully saturated rings. The Hall–Kier alpha value is -3.47. The Morgan fingerprint density at radius 2 is 2.09 bits per heavy atom. The summed E-state index contributed by atoms with van der Waals surface area (Å²) in [6, 6.07) is 7.78. The number of benzene rings is 1. The van der Waals surface area contributed by atoms with E-state index in [0.717, 1.165) is 39.6 Å². The van der Waals surface area contributed by atoms with Crippen molar-refractivity contribution in [1.29, 1.82) is 0 Å². The first kappa shape index (κ1) is 21.4. The van der Waals surface area contributed by atoms with Gasteiger partial charge in [0.2, 0.25) is 21.9 Å². The molecule has 2 atom stereocenters. The summed E-state index contributed by atoms with van der Waals surface area (Å²) in [6.45, 7) is 1.86.